The van der Waals surface area contributed by atoms with Crippen LogP contribution in [-0.2, 0) is 25.9 Å². The quantitative estimate of drug-likeness (QED) is 0.688. The lowest BCUT2D eigenvalue weighted by Crippen LogP contribution is -2.32. The van der Waals surface area contributed by atoms with Gasteiger partial charge in [-0.3, -0.25) is 9.78 Å². The second-order valence-corrected chi connectivity index (χ2v) is 6.99. The number of rotatable bonds is 4. The first-order valence-corrected chi connectivity index (χ1v) is 9.08. The number of hydrogen-bond donors (Lipinski definition) is 1. The molecular formula is C17H15ClF3N7O. The molecule has 0 aliphatic carbocycles. The zero-order chi connectivity index (χ0) is 20.6. The Labute approximate surface area is 167 Å². The van der Waals surface area contributed by atoms with Crippen LogP contribution in [0.1, 0.15) is 22.6 Å². The monoisotopic (exact) mass is 425 g/mol. The number of aromatic nitrogens is 6. The number of pyridine rings is 1. The van der Waals surface area contributed by atoms with Crippen LogP contribution in [0.15, 0.2) is 29.3 Å². The average molecular weight is 426 g/mol. The summed E-state index contributed by atoms with van der Waals surface area (Å²) in [5, 5.41) is 14.4. The molecule has 152 valence electrons. The van der Waals surface area contributed by atoms with Gasteiger partial charge in [0.25, 0.3) is 5.56 Å². The topological polar surface area (TPSA) is 92.6 Å². The van der Waals surface area contributed by atoms with Gasteiger partial charge in [0.15, 0.2) is 0 Å². The molecule has 12 heteroatoms. The molecule has 1 aliphatic heterocycles. The van der Waals surface area contributed by atoms with Crippen molar-refractivity contribution in [1.82, 2.24) is 30.2 Å². The number of nitrogens with one attached hydrogen (secondary N) is 1. The summed E-state index contributed by atoms with van der Waals surface area (Å²) < 4.78 is 40.1. The molecular weight excluding hydrogens is 411 g/mol. The molecule has 0 bridgehead atoms. The predicted octanol–water partition coefficient (Wildman–Crippen LogP) is 2.13. The van der Waals surface area contributed by atoms with Crippen LogP contribution in [0.5, 0.6) is 0 Å². The molecule has 3 aromatic heterocycles. The highest BCUT2D eigenvalue weighted by atomic mass is 35.5. The summed E-state index contributed by atoms with van der Waals surface area (Å²) in [6, 6.07) is 3.21. The first-order valence-electron chi connectivity index (χ1n) is 8.70. The Morgan fingerprint density at radius 1 is 1.31 bits per heavy atom. The fourth-order valence-corrected chi connectivity index (χ4v) is 3.53. The van der Waals surface area contributed by atoms with Crippen LogP contribution in [0, 0.1) is 0 Å². The van der Waals surface area contributed by atoms with Crippen molar-refractivity contribution in [3.63, 3.8) is 0 Å². The summed E-state index contributed by atoms with van der Waals surface area (Å²) >= 11 is 6.07. The Morgan fingerprint density at radius 2 is 2.14 bits per heavy atom. The summed E-state index contributed by atoms with van der Waals surface area (Å²) in [7, 11) is 0. The van der Waals surface area contributed by atoms with Gasteiger partial charge in [-0.25, -0.2) is 9.78 Å². The van der Waals surface area contributed by atoms with E-state index in [1.807, 2.05) is 4.90 Å². The van der Waals surface area contributed by atoms with Gasteiger partial charge in [-0.15, -0.1) is 5.10 Å². The van der Waals surface area contributed by atoms with Gasteiger partial charge in [0.2, 0.25) is 0 Å². The molecule has 0 saturated heterocycles. The van der Waals surface area contributed by atoms with Crippen LogP contribution in [-0.4, -0.2) is 42.9 Å². The van der Waals surface area contributed by atoms with Gasteiger partial charge in [0, 0.05) is 19.2 Å². The van der Waals surface area contributed by atoms with Gasteiger partial charge in [-0.2, -0.15) is 18.3 Å². The van der Waals surface area contributed by atoms with Crippen molar-refractivity contribution < 1.29 is 13.2 Å². The van der Waals surface area contributed by atoms with Gasteiger partial charge in [0.1, 0.15) is 10.7 Å². The van der Waals surface area contributed by atoms with E-state index < -0.39 is 18.2 Å². The number of nitrogens with zero attached hydrogens (tertiary/aromatic N) is 6. The molecule has 0 saturated carbocycles. The average Bonchev–Trinajstić information content (AvgIpc) is 3.06. The number of aromatic amines is 1. The second-order valence-electron chi connectivity index (χ2n) is 6.61. The third-order valence-electron chi connectivity index (χ3n) is 4.67. The van der Waals surface area contributed by atoms with Crippen molar-refractivity contribution in [1.29, 1.82) is 0 Å². The van der Waals surface area contributed by atoms with E-state index in [0.29, 0.717) is 36.5 Å². The summed E-state index contributed by atoms with van der Waals surface area (Å²) in [6.07, 6.45) is -2.08. The van der Waals surface area contributed by atoms with E-state index in [4.69, 9.17) is 11.6 Å². The maximum absolute atomic E-state index is 12.8. The maximum Gasteiger partial charge on any atom is 0.394 e. The Kier molecular flexibility index (Phi) is 4.99. The minimum absolute atomic E-state index is 0.0250. The zero-order valence-electron chi connectivity index (χ0n) is 14.9. The van der Waals surface area contributed by atoms with Gasteiger partial charge < -0.3 is 4.90 Å². The summed E-state index contributed by atoms with van der Waals surface area (Å²) in [6.45, 7) is 1.05. The molecule has 0 aromatic carbocycles. The van der Waals surface area contributed by atoms with Gasteiger partial charge in [-0.05, 0) is 11.6 Å². The van der Waals surface area contributed by atoms with Crippen molar-refractivity contribution in [2.75, 3.05) is 11.4 Å². The number of alkyl halides is 3. The van der Waals surface area contributed by atoms with E-state index in [1.165, 1.54) is 12.4 Å². The Hall–Kier alpha value is -2.95. The first-order chi connectivity index (χ1) is 13.8. The molecule has 3 aromatic rings. The van der Waals surface area contributed by atoms with Gasteiger partial charge in [0.05, 0.1) is 42.8 Å². The second kappa shape index (κ2) is 7.47. The van der Waals surface area contributed by atoms with Crippen LogP contribution in [0.4, 0.5) is 18.9 Å². The van der Waals surface area contributed by atoms with Crippen molar-refractivity contribution in [3.8, 4) is 0 Å². The van der Waals surface area contributed by atoms with Crippen molar-refractivity contribution >= 4 is 17.3 Å². The predicted molar refractivity (Wildman–Crippen MR) is 97.7 cm³/mol. The molecule has 8 nitrogen and oxygen atoms in total. The number of fused-ring (bicyclic) bond motifs is 1. The lowest BCUT2D eigenvalue weighted by atomic mass is 10.1. The van der Waals surface area contributed by atoms with E-state index in [-0.39, 0.29) is 17.3 Å². The minimum Gasteiger partial charge on any atom is -0.362 e. The van der Waals surface area contributed by atoms with Crippen LogP contribution in [0.3, 0.4) is 0 Å². The highest BCUT2D eigenvalue weighted by molar-refractivity contribution is 6.32. The number of hydrogen-bond acceptors (Lipinski definition) is 6. The van der Waals surface area contributed by atoms with E-state index in [9.17, 15) is 18.0 Å². The largest absolute Gasteiger partial charge is 0.394 e. The summed E-state index contributed by atoms with van der Waals surface area (Å²) in [4.78, 5) is 17.4. The Morgan fingerprint density at radius 3 is 2.93 bits per heavy atom. The lowest BCUT2D eigenvalue weighted by Gasteiger charge is -2.28. The van der Waals surface area contributed by atoms with E-state index in [0.717, 1.165) is 5.69 Å². The van der Waals surface area contributed by atoms with Gasteiger partial charge >= 0.3 is 6.18 Å². The van der Waals surface area contributed by atoms with Crippen LogP contribution in [0.25, 0.3) is 0 Å². The fraction of sp³-hybridized carbons (Fsp3) is 0.353. The Bertz CT molecular complexity index is 1100. The Balaban J connectivity index is 1.57. The molecule has 0 amide bonds. The number of halogens is 4. The smallest absolute Gasteiger partial charge is 0.362 e. The van der Waals surface area contributed by atoms with Crippen molar-refractivity contribution in [2.24, 2.45) is 0 Å². The summed E-state index contributed by atoms with van der Waals surface area (Å²) in [5.74, 6) is 0. The molecule has 0 fully saturated rings. The van der Waals surface area contributed by atoms with Gasteiger partial charge in [-0.1, -0.05) is 22.9 Å². The molecule has 0 spiro atoms. The van der Waals surface area contributed by atoms with Crippen LogP contribution >= 0.6 is 11.6 Å². The molecule has 1 N–H and O–H groups in total. The van der Waals surface area contributed by atoms with Crippen LogP contribution < -0.4 is 10.5 Å². The standard InChI is InChI=1S/C17H15ClF3N7O/c18-15-14(7-23-25-16(15)29)27-5-3-13-12(9-27)24-26-28(13)8-10-2-1-4-22-11(10)6-17(19,20)21/h1-2,4,7H,3,5-6,8-9H2,(H,25,29). The molecule has 4 rings (SSSR count). The molecule has 4 heterocycles. The van der Waals surface area contributed by atoms with Crippen molar-refractivity contribution in [2.45, 2.75) is 32.1 Å². The maximum atomic E-state index is 12.8. The number of anilines is 1. The normalized spacial score (nSPS) is 14.1. The number of H-pyrrole nitrogens is 1. The molecule has 0 unspecified atom stereocenters. The lowest BCUT2D eigenvalue weighted by molar-refractivity contribution is -0.128. The zero-order valence-corrected chi connectivity index (χ0v) is 15.7. The minimum atomic E-state index is -4.34. The van der Waals surface area contributed by atoms with Crippen LogP contribution in [0.2, 0.25) is 5.02 Å². The van der Waals surface area contributed by atoms with Crippen molar-refractivity contribution in [3.05, 3.63) is 62.5 Å². The highest BCUT2D eigenvalue weighted by Gasteiger charge is 2.30. The van der Waals surface area contributed by atoms with E-state index >= 15 is 0 Å². The van der Waals surface area contributed by atoms with E-state index in [1.54, 1.807) is 16.8 Å². The molecule has 0 radical (unpaired) electrons. The SMILES string of the molecule is O=c1[nH]ncc(N2CCc3c(nnn3Cc3cccnc3CC(F)(F)F)C2)c1Cl. The highest BCUT2D eigenvalue weighted by Crippen LogP contribution is 2.27. The third kappa shape index (κ3) is 4.09. The summed E-state index contributed by atoms with van der Waals surface area (Å²) in [5.41, 5.74) is 1.94. The first kappa shape index (κ1) is 19.4. The molecule has 0 atom stereocenters. The third-order valence-corrected chi connectivity index (χ3v) is 5.03. The molecule has 29 heavy (non-hydrogen) atoms. The van der Waals surface area contributed by atoms with E-state index in [2.05, 4.69) is 25.5 Å². The fourth-order valence-electron chi connectivity index (χ4n) is 3.32. The molecule has 1 aliphatic rings.